The summed E-state index contributed by atoms with van der Waals surface area (Å²) in [6.45, 7) is 2.01. The average molecular weight is 244 g/mol. The SMILES string of the molecule is CCC(C#N)S(=O)(=O)N1CCCCC1C=O. The minimum atomic E-state index is -3.64. The zero-order valence-corrected chi connectivity index (χ0v) is 10.1. The standard InChI is InChI=1S/C10H16N2O3S/c1-2-10(7-11)16(14,15)12-6-4-3-5-9(12)8-13/h8-10H,2-6H2,1H3. The summed E-state index contributed by atoms with van der Waals surface area (Å²) < 4.78 is 25.3. The van der Waals surface area contributed by atoms with Crippen LogP contribution in [-0.2, 0) is 14.8 Å². The van der Waals surface area contributed by atoms with Gasteiger partial charge in [0.1, 0.15) is 6.29 Å². The molecule has 1 saturated heterocycles. The molecule has 5 nitrogen and oxygen atoms in total. The summed E-state index contributed by atoms with van der Waals surface area (Å²) in [7, 11) is -3.64. The van der Waals surface area contributed by atoms with Crippen molar-refractivity contribution in [3.8, 4) is 6.07 Å². The van der Waals surface area contributed by atoms with Crippen LogP contribution in [0.3, 0.4) is 0 Å². The van der Waals surface area contributed by atoms with Crippen molar-refractivity contribution in [2.24, 2.45) is 0 Å². The van der Waals surface area contributed by atoms with Gasteiger partial charge in [-0.1, -0.05) is 13.3 Å². The van der Waals surface area contributed by atoms with E-state index in [2.05, 4.69) is 0 Å². The Morgan fingerprint density at radius 3 is 2.75 bits per heavy atom. The minimum Gasteiger partial charge on any atom is -0.302 e. The maximum Gasteiger partial charge on any atom is 0.231 e. The van der Waals surface area contributed by atoms with Crippen LogP contribution in [0.25, 0.3) is 0 Å². The quantitative estimate of drug-likeness (QED) is 0.681. The third-order valence-electron chi connectivity index (χ3n) is 2.86. The van der Waals surface area contributed by atoms with E-state index in [1.165, 1.54) is 4.31 Å². The largest absolute Gasteiger partial charge is 0.302 e. The van der Waals surface area contributed by atoms with Crippen LogP contribution in [0.5, 0.6) is 0 Å². The molecule has 1 heterocycles. The zero-order valence-electron chi connectivity index (χ0n) is 9.30. The molecule has 90 valence electrons. The second-order valence-corrected chi connectivity index (χ2v) is 5.95. The van der Waals surface area contributed by atoms with Gasteiger partial charge >= 0.3 is 0 Å². The van der Waals surface area contributed by atoms with Crippen molar-refractivity contribution >= 4 is 16.3 Å². The normalized spacial score (nSPS) is 24.6. The van der Waals surface area contributed by atoms with Gasteiger partial charge in [-0.3, -0.25) is 0 Å². The van der Waals surface area contributed by atoms with E-state index in [4.69, 9.17) is 5.26 Å². The summed E-state index contributed by atoms with van der Waals surface area (Å²) >= 11 is 0. The van der Waals surface area contributed by atoms with Crippen molar-refractivity contribution in [2.75, 3.05) is 6.54 Å². The van der Waals surface area contributed by atoms with E-state index in [0.717, 1.165) is 12.8 Å². The molecule has 16 heavy (non-hydrogen) atoms. The van der Waals surface area contributed by atoms with E-state index in [1.807, 2.05) is 0 Å². The highest BCUT2D eigenvalue weighted by Crippen LogP contribution is 2.22. The van der Waals surface area contributed by atoms with Crippen molar-refractivity contribution < 1.29 is 13.2 Å². The molecule has 0 amide bonds. The number of hydrogen-bond acceptors (Lipinski definition) is 4. The van der Waals surface area contributed by atoms with Crippen molar-refractivity contribution in [3.05, 3.63) is 0 Å². The number of carbonyl (C=O) groups is 1. The molecule has 0 saturated carbocycles. The Labute approximate surface area is 96.1 Å². The number of sulfonamides is 1. The molecule has 1 rings (SSSR count). The Morgan fingerprint density at radius 1 is 1.56 bits per heavy atom. The van der Waals surface area contributed by atoms with Crippen LogP contribution in [0.2, 0.25) is 0 Å². The first-order chi connectivity index (χ1) is 7.57. The second-order valence-electron chi connectivity index (χ2n) is 3.88. The Bertz CT molecular complexity index is 385. The summed E-state index contributed by atoms with van der Waals surface area (Å²) in [6, 6.07) is 1.21. The van der Waals surface area contributed by atoms with Crippen molar-refractivity contribution in [3.63, 3.8) is 0 Å². The van der Waals surface area contributed by atoms with Gasteiger partial charge in [0.15, 0.2) is 5.25 Å². The lowest BCUT2D eigenvalue weighted by Gasteiger charge is -2.32. The number of nitrogens with zero attached hydrogens (tertiary/aromatic N) is 2. The molecule has 1 aliphatic heterocycles. The van der Waals surface area contributed by atoms with Gasteiger partial charge in [0.25, 0.3) is 0 Å². The fourth-order valence-corrected chi connectivity index (χ4v) is 3.71. The van der Waals surface area contributed by atoms with Gasteiger partial charge in [0.2, 0.25) is 10.0 Å². The molecule has 0 aromatic rings. The van der Waals surface area contributed by atoms with Gasteiger partial charge in [0.05, 0.1) is 12.1 Å². The molecule has 0 aromatic carbocycles. The van der Waals surface area contributed by atoms with Crippen LogP contribution in [0.4, 0.5) is 0 Å². The Hall–Kier alpha value is -0.930. The third kappa shape index (κ3) is 2.42. The van der Waals surface area contributed by atoms with Gasteiger partial charge in [-0.15, -0.1) is 0 Å². The fraction of sp³-hybridized carbons (Fsp3) is 0.800. The first kappa shape index (κ1) is 13.1. The maximum atomic E-state index is 12.1. The fourth-order valence-electron chi connectivity index (χ4n) is 1.91. The highest BCUT2D eigenvalue weighted by molar-refractivity contribution is 7.90. The molecular formula is C10H16N2O3S. The van der Waals surface area contributed by atoms with Crippen LogP contribution >= 0.6 is 0 Å². The third-order valence-corrected chi connectivity index (χ3v) is 5.12. The Morgan fingerprint density at radius 2 is 2.25 bits per heavy atom. The summed E-state index contributed by atoms with van der Waals surface area (Å²) in [5, 5.41) is 7.77. The summed E-state index contributed by atoms with van der Waals surface area (Å²) in [5.41, 5.74) is 0. The van der Waals surface area contributed by atoms with E-state index in [0.29, 0.717) is 19.3 Å². The lowest BCUT2D eigenvalue weighted by molar-refractivity contribution is -0.111. The topological polar surface area (TPSA) is 78.2 Å². The molecule has 6 heteroatoms. The van der Waals surface area contributed by atoms with Crippen LogP contribution in [0, 0.1) is 11.3 Å². The summed E-state index contributed by atoms with van der Waals surface area (Å²) in [4.78, 5) is 10.8. The van der Waals surface area contributed by atoms with E-state index in [9.17, 15) is 13.2 Å². The molecule has 0 radical (unpaired) electrons. The number of aldehydes is 1. The van der Waals surface area contributed by atoms with Crippen molar-refractivity contribution in [1.82, 2.24) is 4.31 Å². The lowest BCUT2D eigenvalue weighted by Crippen LogP contribution is -2.48. The van der Waals surface area contributed by atoms with Gasteiger partial charge in [-0.2, -0.15) is 9.57 Å². The number of carbonyl (C=O) groups excluding carboxylic acids is 1. The van der Waals surface area contributed by atoms with Gasteiger partial charge in [0, 0.05) is 6.54 Å². The molecule has 1 fully saturated rings. The molecule has 1 aliphatic rings. The predicted octanol–water partition coefficient (Wildman–Crippen LogP) is 0.672. The first-order valence-corrected chi connectivity index (χ1v) is 6.93. The zero-order chi connectivity index (χ0) is 12.2. The molecule has 0 bridgehead atoms. The molecule has 0 aliphatic carbocycles. The Kier molecular flexibility index (Phi) is 4.44. The predicted molar refractivity (Wildman–Crippen MR) is 59.0 cm³/mol. The van der Waals surface area contributed by atoms with E-state index >= 15 is 0 Å². The number of nitriles is 1. The minimum absolute atomic E-state index is 0.251. The number of rotatable bonds is 4. The number of piperidine rings is 1. The molecule has 2 atom stereocenters. The summed E-state index contributed by atoms with van der Waals surface area (Å²) in [5.74, 6) is 0. The smallest absolute Gasteiger partial charge is 0.231 e. The van der Waals surface area contributed by atoms with Crippen LogP contribution in [0.15, 0.2) is 0 Å². The highest BCUT2D eigenvalue weighted by atomic mass is 32.2. The lowest BCUT2D eigenvalue weighted by atomic mass is 10.1. The molecule has 2 unspecified atom stereocenters. The first-order valence-electron chi connectivity index (χ1n) is 5.43. The Balaban J connectivity index is 2.97. The molecule has 0 spiro atoms. The van der Waals surface area contributed by atoms with Crippen molar-refractivity contribution in [1.29, 1.82) is 5.26 Å². The van der Waals surface area contributed by atoms with Crippen LogP contribution in [-0.4, -0.2) is 36.8 Å². The van der Waals surface area contributed by atoms with Crippen molar-refractivity contribution in [2.45, 2.75) is 43.9 Å². The number of hydrogen-bond donors (Lipinski definition) is 0. The van der Waals surface area contributed by atoms with E-state index < -0.39 is 21.3 Å². The van der Waals surface area contributed by atoms with Crippen LogP contribution < -0.4 is 0 Å². The van der Waals surface area contributed by atoms with Gasteiger partial charge < -0.3 is 4.79 Å². The molecule has 0 N–H and O–H groups in total. The molecular weight excluding hydrogens is 228 g/mol. The average Bonchev–Trinajstić information content (AvgIpc) is 2.30. The van der Waals surface area contributed by atoms with Gasteiger partial charge in [-0.25, -0.2) is 8.42 Å². The highest BCUT2D eigenvalue weighted by Gasteiger charge is 2.36. The maximum absolute atomic E-state index is 12.1. The monoisotopic (exact) mass is 244 g/mol. The molecule has 0 aromatic heterocycles. The second kappa shape index (κ2) is 5.41. The van der Waals surface area contributed by atoms with Crippen LogP contribution in [0.1, 0.15) is 32.6 Å². The van der Waals surface area contributed by atoms with E-state index in [1.54, 1.807) is 13.0 Å². The van der Waals surface area contributed by atoms with Gasteiger partial charge in [-0.05, 0) is 19.3 Å². The van der Waals surface area contributed by atoms with E-state index in [-0.39, 0.29) is 6.42 Å². The summed E-state index contributed by atoms with van der Waals surface area (Å²) in [6.07, 6.45) is 3.09.